The molecule has 0 aliphatic carbocycles. The van der Waals surface area contributed by atoms with Gasteiger partial charge < -0.3 is 15.1 Å². The van der Waals surface area contributed by atoms with Gasteiger partial charge in [0.15, 0.2) is 0 Å². The number of carbonyl (C=O) groups is 1. The molecule has 0 atom stereocenters. The Labute approximate surface area is 174 Å². The van der Waals surface area contributed by atoms with Gasteiger partial charge in [0, 0.05) is 37.4 Å². The summed E-state index contributed by atoms with van der Waals surface area (Å²) in [6.45, 7) is 5.48. The molecule has 2 heterocycles. The van der Waals surface area contributed by atoms with Crippen molar-refractivity contribution in [3.05, 3.63) is 55.0 Å². The number of rotatable bonds is 4. The maximum absolute atomic E-state index is 12.9. The van der Waals surface area contributed by atoms with E-state index >= 15 is 0 Å². The number of hydrogen-bond donors (Lipinski definition) is 1. The van der Waals surface area contributed by atoms with Crippen LogP contribution in [0.25, 0.3) is 0 Å². The molecular formula is C23H25F3N3O. The van der Waals surface area contributed by atoms with Crippen LogP contribution in [-0.2, 0) is 4.79 Å². The number of halogens is 3. The number of anilines is 4. The number of benzene rings is 2. The smallest absolute Gasteiger partial charge is 0.372 e. The molecule has 2 aromatic rings. The summed E-state index contributed by atoms with van der Waals surface area (Å²) in [6, 6.07) is 13.4. The lowest BCUT2D eigenvalue weighted by atomic mass is 9.96. The van der Waals surface area contributed by atoms with Crippen LogP contribution in [0.15, 0.2) is 42.5 Å². The minimum absolute atomic E-state index is 0.112. The van der Waals surface area contributed by atoms with E-state index in [-0.39, 0.29) is 18.7 Å². The fourth-order valence-corrected chi connectivity index (χ4v) is 4.19. The predicted molar refractivity (Wildman–Crippen MR) is 113 cm³/mol. The first-order valence-electron chi connectivity index (χ1n) is 10.3. The number of hydrogen-bond acceptors (Lipinski definition) is 3. The molecule has 2 saturated heterocycles. The molecule has 159 valence electrons. The maximum Gasteiger partial charge on any atom is 0.391 e. The number of nitrogens with zero attached hydrogens (tertiary/aromatic N) is 2. The van der Waals surface area contributed by atoms with Crippen LogP contribution in [0.1, 0.15) is 31.2 Å². The minimum atomic E-state index is -4.10. The van der Waals surface area contributed by atoms with Gasteiger partial charge in [-0.25, -0.2) is 0 Å². The Bertz CT molecular complexity index is 903. The van der Waals surface area contributed by atoms with Crippen LogP contribution in [0, 0.1) is 12.8 Å². The zero-order chi connectivity index (χ0) is 21.3. The van der Waals surface area contributed by atoms with E-state index in [0.717, 1.165) is 34.7 Å². The fourth-order valence-electron chi connectivity index (χ4n) is 4.19. The van der Waals surface area contributed by atoms with Crippen LogP contribution in [0.4, 0.5) is 35.9 Å². The average molecular weight is 416 g/mol. The van der Waals surface area contributed by atoms with Gasteiger partial charge in [-0.3, -0.25) is 4.79 Å². The number of piperidine rings is 1. The summed E-state index contributed by atoms with van der Waals surface area (Å²) < 4.78 is 38.6. The highest BCUT2D eigenvalue weighted by Gasteiger charge is 2.41. The molecule has 30 heavy (non-hydrogen) atoms. The predicted octanol–water partition coefficient (Wildman–Crippen LogP) is 5.52. The van der Waals surface area contributed by atoms with Crippen molar-refractivity contribution in [2.24, 2.45) is 5.92 Å². The van der Waals surface area contributed by atoms with Crippen molar-refractivity contribution in [1.82, 2.24) is 0 Å². The molecule has 7 heteroatoms. The molecule has 0 bridgehead atoms. The van der Waals surface area contributed by atoms with Gasteiger partial charge in [0.2, 0.25) is 5.91 Å². The van der Waals surface area contributed by atoms with Gasteiger partial charge in [-0.15, -0.1) is 0 Å². The molecule has 0 saturated carbocycles. The van der Waals surface area contributed by atoms with Gasteiger partial charge in [-0.2, -0.15) is 13.2 Å². The molecule has 1 amide bonds. The lowest BCUT2D eigenvalue weighted by Gasteiger charge is -2.34. The van der Waals surface area contributed by atoms with Gasteiger partial charge in [0.1, 0.15) is 0 Å². The van der Waals surface area contributed by atoms with Crippen molar-refractivity contribution in [2.75, 3.05) is 34.8 Å². The van der Waals surface area contributed by atoms with Crippen LogP contribution in [-0.4, -0.2) is 31.7 Å². The normalized spacial score (nSPS) is 18.2. The Morgan fingerprint density at radius 1 is 1.00 bits per heavy atom. The zero-order valence-electron chi connectivity index (χ0n) is 16.7. The van der Waals surface area contributed by atoms with Crippen LogP contribution in [0.5, 0.6) is 0 Å². The third-order valence-electron chi connectivity index (χ3n) is 5.90. The largest absolute Gasteiger partial charge is 0.391 e. The van der Waals surface area contributed by atoms with Crippen LogP contribution in [0.3, 0.4) is 0 Å². The topological polar surface area (TPSA) is 35.6 Å². The second-order valence-electron chi connectivity index (χ2n) is 7.98. The van der Waals surface area contributed by atoms with Crippen molar-refractivity contribution in [3.8, 4) is 0 Å². The Morgan fingerprint density at radius 2 is 1.70 bits per heavy atom. The minimum Gasteiger partial charge on any atom is -0.372 e. The maximum atomic E-state index is 12.9. The standard InChI is InChI=1S/C23H25F3N3O/c1-16-4-9-20(21(15-16)29-12-2-3-22(29)30)27-18-5-7-19(8-6-18)28-13-10-17(11-14-28)23(24,25)26/h4-9,15,17,27H,1-3,10-14H2. The van der Waals surface area contributed by atoms with E-state index in [1.807, 2.05) is 47.4 Å². The van der Waals surface area contributed by atoms with Crippen molar-refractivity contribution in [3.63, 3.8) is 0 Å². The molecule has 0 aromatic heterocycles. The van der Waals surface area contributed by atoms with Crippen molar-refractivity contribution in [1.29, 1.82) is 0 Å². The molecule has 4 rings (SSSR count). The van der Waals surface area contributed by atoms with Crippen molar-refractivity contribution in [2.45, 2.75) is 31.9 Å². The van der Waals surface area contributed by atoms with Crippen molar-refractivity contribution >= 4 is 28.7 Å². The highest BCUT2D eigenvalue weighted by molar-refractivity contribution is 5.99. The summed E-state index contributed by atoms with van der Waals surface area (Å²) in [5, 5.41) is 3.37. The molecule has 2 aromatic carbocycles. The van der Waals surface area contributed by atoms with Gasteiger partial charge in [0.05, 0.1) is 17.3 Å². The van der Waals surface area contributed by atoms with E-state index in [0.29, 0.717) is 26.1 Å². The molecule has 2 aliphatic rings. The number of nitrogens with one attached hydrogen (secondary N) is 1. The van der Waals surface area contributed by atoms with E-state index < -0.39 is 12.1 Å². The van der Waals surface area contributed by atoms with Crippen LogP contribution in [0.2, 0.25) is 0 Å². The first kappa shape index (κ1) is 20.6. The summed E-state index contributed by atoms with van der Waals surface area (Å²) >= 11 is 0. The number of amides is 1. The molecule has 4 nitrogen and oxygen atoms in total. The molecule has 0 spiro atoms. The third-order valence-corrected chi connectivity index (χ3v) is 5.90. The van der Waals surface area contributed by atoms with Gasteiger partial charge in [0.25, 0.3) is 0 Å². The zero-order valence-corrected chi connectivity index (χ0v) is 16.7. The SMILES string of the molecule is [CH2]c1ccc(Nc2ccc(N3CCC(C(F)(F)F)CC3)cc2)c(N2CCCC2=O)c1. The second-order valence-corrected chi connectivity index (χ2v) is 7.98. The number of alkyl halides is 3. The summed E-state index contributed by atoms with van der Waals surface area (Å²) in [7, 11) is 0. The average Bonchev–Trinajstić information content (AvgIpc) is 3.15. The Kier molecular flexibility index (Phi) is 5.62. The first-order chi connectivity index (χ1) is 14.3. The van der Waals surface area contributed by atoms with E-state index in [2.05, 4.69) is 12.2 Å². The molecular weight excluding hydrogens is 391 g/mol. The Hall–Kier alpha value is -2.70. The Balaban J connectivity index is 1.45. The fraction of sp³-hybridized carbons (Fsp3) is 0.391. The summed E-state index contributed by atoms with van der Waals surface area (Å²) in [5.74, 6) is -1.08. The molecule has 1 radical (unpaired) electrons. The van der Waals surface area contributed by atoms with Crippen LogP contribution >= 0.6 is 0 Å². The van der Waals surface area contributed by atoms with Gasteiger partial charge >= 0.3 is 6.18 Å². The quantitative estimate of drug-likeness (QED) is 0.713. The first-order valence-corrected chi connectivity index (χ1v) is 10.3. The monoisotopic (exact) mass is 416 g/mol. The summed E-state index contributed by atoms with van der Waals surface area (Å²) in [5.41, 5.74) is 4.27. The highest BCUT2D eigenvalue weighted by Crippen LogP contribution is 2.36. The van der Waals surface area contributed by atoms with Gasteiger partial charge in [-0.1, -0.05) is 6.07 Å². The van der Waals surface area contributed by atoms with Crippen LogP contribution < -0.4 is 15.1 Å². The van der Waals surface area contributed by atoms with E-state index in [1.165, 1.54) is 0 Å². The molecule has 0 unspecified atom stereocenters. The molecule has 2 aliphatic heterocycles. The highest BCUT2D eigenvalue weighted by atomic mass is 19.4. The second kappa shape index (κ2) is 8.20. The van der Waals surface area contributed by atoms with E-state index in [9.17, 15) is 18.0 Å². The molecule has 2 fully saturated rings. The summed E-state index contributed by atoms with van der Waals surface area (Å²) in [4.78, 5) is 16.0. The lowest BCUT2D eigenvalue weighted by molar-refractivity contribution is -0.179. The molecule has 1 N–H and O–H groups in total. The number of carbonyl (C=O) groups excluding carboxylic acids is 1. The van der Waals surface area contributed by atoms with E-state index in [4.69, 9.17) is 0 Å². The lowest BCUT2D eigenvalue weighted by Crippen LogP contribution is -2.38. The van der Waals surface area contributed by atoms with Crippen molar-refractivity contribution < 1.29 is 18.0 Å². The van der Waals surface area contributed by atoms with Gasteiger partial charge in [-0.05, 0) is 68.1 Å². The Morgan fingerprint density at radius 3 is 2.30 bits per heavy atom. The summed E-state index contributed by atoms with van der Waals surface area (Å²) in [6.07, 6.45) is -2.43. The third kappa shape index (κ3) is 4.40. The van der Waals surface area contributed by atoms with E-state index in [1.54, 1.807) is 4.90 Å².